The molecule has 1 aliphatic heterocycles. The Labute approximate surface area is 163 Å². The van der Waals surface area contributed by atoms with Crippen LogP contribution in [0.2, 0.25) is 0 Å². The summed E-state index contributed by atoms with van der Waals surface area (Å²) in [4.78, 5) is 21.0. The van der Waals surface area contributed by atoms with Crippen LogP contribution < -0.4 is 0 Å². The van der Waals surface area contributed by atoms with E-state index >= 15 is 0 Å². The number of aromatic amines is 1. The summed E-state index contributed by atoms with van der Waals surface area (Å²) in [7, 11) is 0. The first kappa shape index (κ1) is 19.9. The fraction of sp³-hybridized carbons (Fsp3) is 0.609. The molecule has 148 valence electrons. The minimum absolute atomic E-state index is 0.193. The van der Waals surface area contributed by atoms with Crippen molar-refractivity contribution in [3.05, 3.63) is 35.5 Å². The van der Waals surface area contributed by atoms with E-state index in [4.69, 9.17) is 0 Å². The van der Waals surface area contributed by atoms with Gasteiger partial charge in [0.1, 0.15) is 0 Å². The second-order valence-corrected chi connectivity index (χ2v) is 7.75. The number of nitrogens with one attached hydrogen (secondary N) is 1. The van der Waals surface area contributed by atoms with Gasteiger partial charge in [-0.15, -0.1) is 0 Å². The summed E-state index contributed by atoms with van der Waals surface area (Å²) in [6.07, 6.45) is 6.12. The van der Waals surface area contributed by atoms with Gasteiger partial charge in [0.25, 0.3) is 0 Å². The number of rotatable bonds is 9. The molecular formula is C23H35N3O. The Bertz CT molecular complexity index is 745. The van der Waals surface area contributed by atoms with E-state index in [0.29, 0.717) is 6.42 Å². The molecule has 1 aromatic carbocycles. The maximum atomic E-state index is 12.6. The lowest BCUT2D eigenvalue weighted by molar-refractivity contribution is -0.134. The first-order valence-electron chi connectivity index (χ1n) is 10.8. The van der Waals surface area contributed by atoms with Gasteiger partial charge in [0, 0.05) is 29.6 Å². The van der Waals surface area contributed by atoms with Crippen molar-refractivity contribution in [1.29, 1.82) is 0 Å². The zero-order valence-electron chi connectivity index (χ0n) is 17.3. The van der Waals surface area contributed by atoms with Gasteiger partial charge in [0.15, 0.2) is 0 Å². The number of aromatic nitrogens is 1. The summed E-state index contributed by atoms with van der Waals surface area (Å²) in [5.74, 6) is 0.281. The van der Waals surface area contributed by atoms with Crippen LogP contribution in [-0.4, -0.2) is 46.9 Å². The zero-order valence-corrected chi connectivity index (χ0v) is 17.3. The van der Waals surface area contributed by atoms with Crippen LogP contribution in [0, 0.1) is 0 Å². The number of para-hydroxylation sites is 1. The second-order valence-electron chi connectivity index (χ2n) is 7.75. The molecule has 0 aliphatic carbocycles. The van der Waals surface area contributed by atoms with E-state index in [9.17, 15) is 4.79 Å². The van der Waals surface area contributed by atoms with Gasteiger partial charge in [-0.05, 0) is 63.4 Å². The molecule has 4 heteroatoms. The Morgan fingerprint density at radius 2 is 1.89 bits per heavy atom. The van der Waals surface area contributed by atoms with Crippen molar-refractivity contribution >= 4 is 16.8 Å². The fourth-order valence-corrected chi connectivity index (χ4v) is 4.60. The number of amides is 1. The molecule has 27 heavy (non-hydrogen) atoms. The lowest BCUT2D eigenvalue weighted by Crippen LogP contribution is -2.40. The molecule has 3 rings (SSSR count). The number of nitrogens with zero attached hydrogens (tertiary/aromatic N) is 2. The number of hydrogen-bond acceptors (Lipinski definition) is 2. The van der Waals surface area contributed by atoms with Gasteiger partial charge in [0.2, 0.25) is 5.91 Å². The van der Waals surface area contributed by atoms with Gasteiger partial charge in [-0.3, -0.25) is 4.79 Å². The van der Waals surface area contributed by atoms with Gasteiger partial charge in [0.05, 0.1) is 6.04 Å². The van der Waals surface area contributed by atoms with Crippen LogP contribution in [0.25, 0.3) is 10.9 Å². The summed E-state index contributed by atoms with van der Waals surface area (Å²) < 4.78 is 0. The second kappa shape index (κ2) is 9.41. The van der Waals surface area contributed by atoms with Gasteiger partial charge in [-0.1, -0.05) is 39.0 Å². The van der Waals surface area contributed by atoms with Crippen molar-refractivity contribution in [3.63, 3.8) is 0 Å². The van der Waals surface area contributed by atoms with Crippen LogP contribution in [0.5, 0.6) is 0 Å². The first-order valence-corrected chi connectivity index (χ1v) is 10.8. The molecule has 0 spiro atoms. The largest absolute Gasteiger partial charge is 0.356 e. The number of carbonyl (C=O) groups is 1. The molecule has 2 aromatic rings. The van der Waals surface area contributed by atoms with Crippen molar-refractivity contribution < 1.29 is 4.79 Å². The van der Waals surface area contributed by atoms with Crippen LogP contribution in [-0.2, 0) is 11.2 Å². The van der Waals surface area contributed by atoms with Gasteiger partial charge >= 0.3 is 0 Å². The third-order valence-corrected chi connectivity index (χ3v) is 5.81. The van der Waals surface area contributed by atoms with E-state index in [1.165, 1.54) is 48.1 Å². The molecule has 2 heterocycles. The Kier molecular flexibility index (Phi) is 6.95. The Balaban J connectivity index is 1.79. The summed E-state index contributed by atoms with van der Waals surface area (Å²) in [6.45, 7) is 10.8. The van der Waals surface area contributed by atoms with Crippen LogP contribution in [0.4, 0.5) is 0 Å². The summed E-state index contributed by atoms with van der Waals surface area (Å²) in [5, 5.41) is 1.33. The van der Waals surface area contributed by atoms with Crippen LogP contribution in [0.3, 0.4) is 0 Å². The van der Waals surface area contributed by atoms with E-state index in [-0.39, 0.29) is 11.9 Å². The van der Waals surface area contributed by atoms with Gasteiger partial charge in [-0.25, -0.2) is 0 Å². The third-order valence-electron chi connectivity index (χ3n) is 5.81. The highest BCUT2D eigenvalue weighted by Crippen LogP contribution is 2.37. The molecule has 1 aromatic heterocycles. The number of carbonyl (C=O) groups excluding carboxylic acids is 1. The monoisotopic (exact) mass is 369 g/mol. The Morgan fingerprint density at radius 1 is 1.15 bits per heavy atom. The maximum absolute atomic E-state index is 12.6. The Morgan fingerprint density at radius 3 is 2.59 bits per heavy atom. The maximum Gasteiger partial charge on any atom is 0.222 e. The van der Waals surface area contributed by atoms with Crippen molar-refractivity contribution in [2.45, 2.75) is 65.3 Å². The number of benzene rings is 1. The minimum Gasteiger partial charge on any atom is -0.356 e. The number of fused-ring (bicyclic) bond motifs is 3. The molecule has 0 saturated heterocycles. The molecule has 0 bridgehead atoms. The predicted molar refractivity (Wildman–Crippen MR) is 113 cm³/mol. The van der Waals surface area contributed by atoms with Crippen molar-refractivity contribution in [3.8, 4) is 0 Å². The predicted octanol–water partition coefficient (Wildman–Crippen LogP) is 4.91. The van der Waals surface area contributed by atoms with Crippen molar-refractivity contribution in [2.24, 2.45) is 0 Å². The van der Waals surface area contributed by atoms with E-state index in [1.807, 2.05) is 6.92 Å². The van der Waals surface area contributed by atoms with Crippen LogP contribution in [0.15, 0.2) is 24.3 Å². The fourth-order valence-electron chi connectivity index (χ4n) is 4.60. The average molecular weight is 370 g/mol. The standard InChI is InChI=1S/C23H35N3O/c1-4-14-25(15-5-2)16-9-12-21-23-19(13-17-26(21)22(27)6-3)18-10-7-8-11-20(18)24-23/h7-8,10-11,21,24H,4-6,9,12-17H2,1-3H3. The summed E-state index contributed by atoms with van der Waals surface area (Å²) >= 11 is 0. The van der Waals surface area contributed by atoms with Gasteiger partial charge < -0.3 is 14.8 Å². The lowest BCUT2D eigenvalue weighted by Gasteiger charge is -2.36. The number of H-pyrrole nitrogens is 1. The normalized spacial score (nSPS) is 16.9. The highest BCUT2D eigenvalue weighted by Gasteiger charge is 2.32. The molecule has 1 unspecified atom stereocenters. The molecule has 0 radical (unpaired) electrons. The van der Waals surface area contributed by atoms with Crippen LogP contribution >= 0.6 is 0 Å². The highest BCUT2D eigenvalue weighted by atomic mass is 16.2. The average Bonchev–Trinajstić information content (AvgIpc) is 3.07. The highest BCUT2D eigenvalue weighted by molar-refractivity contribution is 5.86. The molecule has 1 aliphatic rings. The topological polar surface area (TPSA) is 39.3 Å². The smallest absolute Gasteiger partial charge is 0.222 e. The molecule has 0 fully saturated rings. The Hall–Kier alpha value is -1.81. The molecule has 1 atom stereocenters. The van der Waals surface area contributed by atoms with Crippen LogP contribution in [0.1, 0.15) is 70.2 Å². The first-order chi connectivity index (χ1) is 13.2. The van der Waals surface area contributed by atoms with E-state index in [1.54, 1.807) is 0 Å². The summed E-state index contributed by atoms with van der Waals surface area (Å²) in [6, 6.07) is 8.76. The third kappa shape index (κ3) is 4.37. The number of hydrogen-bond donors (Lipinski definition) is 1. The summed E-state index contributed by atoms with van der Waals surface area (Å²) in [5.41, 5.74) is 3.91. The van der Waals surface area contributed by atoms with Crippen molar-refractivity contribution in [1.82, 2.24) is 14.8 Å². The lowest BCUT2D eigenvalue weighted by atomic mass is 9.94. The quantitative estimate of drug-likeness (QED) is 0.682. The van der Waals surface area contributed by atoms with Gasteiger partial charge in [-0.2, -0.15) is 0 Å². The van der Waals surface area contributed by atoms with E-state index < -0.39 is 0 Å². The van der Waals surface area contributed by atoms with E-state index in [0.717, 1.165) is 32.4 Å². The molecule has 1 amide bonds. The molecule has 0 saturated carbocycles. The molecule has 4 nitrogen and oxygen atoms in total. The zero-order chi connectivity index (χ0) is 19.2. The molecular weight excluding hydrogens is 334 g/mol. The van der Waals surface area contributed by atoms with E-state index in [2.05, 4.69) is 52.9 Å². The SMILES string of the molecule is CCCN(CCC)CCCC1c2[nH]c3ccccc3c2CCN1C(=O)CC. The minimum atomic E-state index is 0.193. The van der Waals surface area contributed by atoms with Crippen molar-refractivity contribution in [2.75, 3.05) is 26.2 Å². The molecule has 1 N–H and O–H groups in total.